The SMILES string of the molecule is COc1cccc(N(CC(=O)N(Cc2ccc(C)cc2)[C@@H](Cc2ccccc2)C(=O)NC2CCCCC2)S(=O)(=O)c2ccc(C)cc2)c1. The zero-order chi connectivity index (χ0) is 34.1. The summed E-state index contributed by atoms with van der Waals surface area (Å²) < 4.78 is 35.1. The van der Waals surface area contributed by atoms with E-state index in [9.17, 15) is 18.0 Å². The predicted octanol–water partition coefficient (Wildman–Crippen LogP) is 6.60. The van der Waals surface area contributed by atoms with Crippen LogP contribution in [0.15, 0.2) is 108 Å². The van der Waals surface area contributed by atoms with Gasteiger partial charge in [-0.25, -0.2) is 8.42 Å². The molecule has 0 radical (unpaired) electrons. The minimum Gasteiger partial charge on any atom is -0.497 e. The number of hydrogen-bond acceptors (Lipinski definition) is 5. The summed E-state index contributed by atoms with van der Waals surface area (Å²) in [6.07, 6.45) is 5.32. The lowest BCUT2D eigenvalue weighted by molar-refractivity contribution is -0.140. The van der Waals surface area contributed by atoms with Crippen molar-refractivity contribution in [3.05, 3.63) is 125 Å². The summed E-state index contributed by atoms with van der Waals surface area (Å²) >= 11 is 0. The van der Waals surface area contributed by atoms with Gasteiger partial charge in [-0.15, -0.1) is 0 Å². The van der Waals surface area contributed by atoms with Gasteiger partial charge in [-0.05, 0) is 62.1 Å². The smallest absolute Gasteiger partial charge is 0.264 e. The number of nitrogens with one attached hydrogen (secondary N) is 1. The van der Waals surface area contributed by atoms with Crippen LogP contribution < -0.4 is 14.4 Å². The zero-order valence-electron chi connectivity index (χ0n) is 28.0. The van der Waals surface area contributed by atoms with Gasteiger partial charge < -0.3 is 15.0 Å². The second kappa shape index (κ2) is 16.0. The number of sulfonamides is 1. The van der Waals surface area contributed by atoms with E-state index in [1.807, 2.05) is 68.4 Å². The first-order valence-electron chi connectivity index (χ1n) is 16.6. The highest BCUT2D eigenvalue weighted by molar-refractivity contribution is 7.92. The van der Waals surface area contributed by atoms with Gasteiger partial charge in [0.1, 0.15) is 18.3 Å². The third-order valence-electron chi connectivity index (χ3n) is 8.93. The van der Waals surface area contributed by atoms with Crippen molar-refractivity contribution < 1.29 is 22.7 Å². The first-order chi connectivity index (χ1) is 23.1. The fourth-order valence-corrected chi connectivity index (χ4v) is 7.53. The number of amides is 2. The van der Waals surface area contributed by atoms with E-state index in [0.717, 1.165) is 58.7 Å². The molecule has 2 amide bonds. The van der Waals surface area contributed by atoms with Gasteiger partial charge in [0.25, 0.3) is 10.0 Å². The Kier molecular flexibility index (Phi) is 11.5. The van der Waals surface area contributed by atoms with Crippen LogP contribution in [0.1, 0.15) is 54.4 Å². The van der Waals surface area contributed by atoms with Gasteiger partial charge in [0.05, 0.1) is 17.7 Å². The molecule has 0 heterocycles. The van der Waals surface area contributed by atoms with Crippen LogP contribution >= 0.6 is 0 Å². The molecule has 1 aliphatic rings. The number of anilines is 1. The van der Waals surface area contributed by atoms with Gasteiger partial charge in [-0.2, -0.15) is 0 Å². The quantitative estimate of drug-likeness (QED) is 0.174. The fraction of sp³-hybridized carbons (Fsp3) is 0.333. The van der Waals surface area contributed by atoms with Gasteiger partial charge in [0.15, 0.2) is 0 Å². The van der Waals surface area contributed by atoms with Gasteiger partial charge in [0, 0.05) is 25.1 Å². The Bertz CT molecular complexity index is 1770. The van der Waals surface area contributed by atoms with Crippen molar-refractivity contribution in [1.82, 2.24) is 10.2 Å². The molecule has 4 aromatic carbocycles. The van der Waals surface area contributed by atoms with E-state index in [1.54, 1.807) is 53.4 Å². The number of nitrogens with zero attached hydrogens (tertiary/aromatic N) is 2. The topological polar surface area (TPSA) is 96.0 Å². The largest absolute Gasteiger partial charge is 0.497 e. The van der Waals surface area contributed by atoms with E-state index >= 15 is 0 Å². The van der Waals surface area contributed by atoms with Gasteiger partial charge >= 0.3 is 0 Å². The molecule has 0 saturated heterocycles. The molecule has 0 unspecified atom stereocenters. The lowest BCUT2D eigenvalue weighted by Gasteiger charge is -2.35. The monoisotopic (exact) mass is 667 g/mol. The molecule has 1 fully saturated rings. The Morgan fingerprint density at radius 2 is 1.46 bits per heavy atom. The molecule has 48 heavy (non-hydrogen) atoms. The zero-order valence-corrected chi connectivity index (χ0v) is 28.8. The van der Waals surface area contributed by atoms with E-state index < -0.39 is 28.5 Å². The molecule has 9 heteroatoms. The molecule has 1 saturated carbocycles. The van der Waals surface area contributed by atoms with E-state index in [0.29, 0.717) is 5.75 Å². The van der Waals surface area contributed by atoms with Crippen molar-refractivity contribution in [2.45, 2.75) is 75.9 Å². The number of aryl methyl sites for hydroxylation is 2. The lowest BCUT2D eigenvalue weighted by atomic mass is 9.94. The second-order valence-corrected chi connectivity index (χ2v) is 14.4. The number of benzene rings is 4. The van der Waals surface area contributed by atoms with E-state index in [-0.39, 0.29) is 35.5 Å². The summed E-state index contributed by atoms with van der Waals surface area (Å²) in [5.74, 6) is -0.274. The molecule has 0 aliphatic heterocycles. The standard InChI is InChI=1S/C39H45N3O5S/c1-29-17-21-32(22-18-29)27-41(37(25-31-11-6-4-7-12-31)39(44)40-33-13-8-5-9-14-33)38(43)28-42(34-15-10-16-35(26-34)47-3)48(45,46)36-23-19-30(2)20-24-36/h4,6-7,10-12,15-24,26,33,37H,5,8-9,13-14,25,27-28H2,1-3H3,(H,40,44)/t37-/m0/s1. The normalized spacial score (nSPS) is 14.1. The fourth-order valence-electron chi connectivity index (χ4n) is 6.12. The summed E-state index contributed by atoms with van der Waals surface area (Å²) in [5, 5.41) is 3.25. The van der Waals surface area contributed by atoms with Crippen LogP contribution in [-0.2, 0) is 32.6 Å². The lowest BCUT2D eigenvalue weighted by Crippen LogP contribution is -2.55. The highest BCUT2D eigenvalue weighted by atomic mass is 32.2. The summed E-state index contributed by atoms with van der Waals surface area (Å²) in [4.78, 5) is 30.6. The Morgan fingerprint density at radius 3 is 2.10 bits per heavy atom. The first kappa shape index (κ1) is 34.7. The molecule has 8 nitrogen and oxygen atoms in total. The molecule has 1 aliphatic carbocycles. The third-order valence-corrected chi connectivity index (χ3v) is 10.7. The van der Waals surface area contributed by atoms with Crippen molar-refractivity contribution in [2.24, 2.45) is 0 Å². The van der Waals surface area contributed by atoms with Crippen LogP contribution in [0.5, 0.6) is 5.75 Å². The maximum Gasteiger partial charge on any atom is 0.264 e. The highest BCUT2D eigenvalue weighted by Crippen LogP contribution is 2.28. The van der Waals surface area contributed by atoms with Gasteiger partial charge in [-0.3, -0.25) is 13.9 Å². The molecule has 5 rings (SSSR count). The summed E-state index contributed by atoms with van der Waals surface area (Å²) in [7, 11) is -2.70. The van der Waals surface area contributed by atoms with Crippen molar-refractivity contribution in [3.8, 4) is 5.75 Å². The number of rotatable bonds is 13. The van der Waals surface area contributed by atoms with Crippen molar-refractivity contribution in [1.29, 1.82) is 0 Å². The molecule has 0 spiro atoms. The average molecular weight is 668 g/mol. The minimum atomic E-state index is -4.20. The van der Waals surface area contributed by atoms with Crippen molar-refractivity contribution in [3.63, 3.8) is 0 Å². The summed E-state index contributed by atoms with van der Waals surface area (Å²) in [6.45, 7) is 3.49. The highest BCUT2D eigenvalue weighted by Gasteiger charge is 2.35. The van der Waals surface area contributed by atoms with Crippen LogP contribution in [0.25, 0.3) is 0 Å². The summed E-state index contributed by atoms with van der Waals surface area (Å²) in [6, 6.07) is 29.8. The van der Waals surface area contributed by atoms with Crippen LogP contribution in [0.3, 0.4) is 0 Å². The third kappa shape index (κ3) is 8.83. The second-order valence-electron chi connectivity index (χ2n) is 12.6. The Balaban J connectivity index is 1.57. The van der Waals surface area contributed by atoms with Crippen LogP contribution in [0, 0.1) is 13.8 Å². The molecule has 252 valence electrons. The number of carbonyl (C=O) groups is 2. The average Bonchev–Trinajstić information content (AvgIpc) is 3.10. The molecule has 1 atom stereocenters. The van der Waals surface area contributed by atoms with Crippen LogP contribution in [0.2, 0.25) is 0 Å². The number of hydrogen-bond donors (Lipinski definition) is 1. The maximum absolute atomic E-state index is 14.7. The molecular formula is C39H45N3O5S. The van der Waals surface area contributed by atoms with Crippen molar-refractivity contribution >= 4 is 27.5 Å². The van der Waals surface area contributed by atoms with Gasteiger partial charge in [0.2, 0.25) is 11.8 Å². The summed E-state index contributed by atoms with van der Waals surface area (Å²) in [5.41, 5.74) is 4.01. The molecule has 0 bridgehead atoms. The predicted molar refractivity (Wildman–Crippen MR) is 189 cm³/mol. The first-order valence-corrected chi connectivity index (χ1v) is 18.0. The Morgan fingerprint density at radius 1 is 0.812 bits per heavy atom. The van der Waals surface area contributed by atoms with E-state index in [2.05, 4.69) is 5.32 Å². The van der Waals surface area contributed by atoms with E-state index in [4.69, 9.17) is 4.74 Å². The number of carbonyl (C=O) groups excluding carboxylic acids is 2. The molecule has 1 N–H and O–H groups in total. The van der Waals surface area contributed by atoms with Crippen molar-refractivity contribution in [2.75, 3.05) is 18.0 Å². The Labute approximate surface area is 284 Å². The maximum atomic E-state index is 14.7. The number of ether oxygens (including phenoxy) is 1. The minimum absolute atomic E-state index is 0.0380. The molecular weight excluding hydrogens is 623 g/mol. The van der Waals surface area contributed by atoms with Crippen LogP contribution in [0.4, 0.5) is 5.69 Å². The van der Waals surface area contributed by atoms with E-state index in [1.165, 1.54) is 7.11 Å². The van der Waals surface area contributed by atoms with Crippen LogP contribution in [-0.4, -0.2) is 50.9 Å². The number of methoxy groups -OCH3 is 1. The molecule has 4 aromatic rings. The van der Waals surface area contributed by atoms with Gasteiger partial charge in [-0.1, -0.05) is 103 Å². The Hall–Kier alpha value is -4.63. The molecule has 0 aromatic heterocycles.